The molecular weight excluding hydrogens is 228 g/mol. The molecule has 90 valence electrons. The van der Waals surface area contributed by atoms with E-state index in [-0.39, 0.29) is 12.0 Å². The van der Waals surface area contributed by atoms with Crippen LogP contribution < -0.4 is 0 Å². The Morgan fingerprint density at radius 3 is 2.41 bits per heavy atom. The van der Waals surface area contributed by atoms with E-state index in [1.54, 1.807) is 11.3 Å². The molecule has 1 nitrogen and oxygen atoms in total. The van der Waals surface area contributed by atoms with Crippen LogP contribution in [0, 0.1) is 6.92 Å². The number of aryl methyl sites for hydroxylation is 1. The van der Waals surface area contributed by atoms with Gasteiger partial charge in [-0.25, -0.2) is 0 Å². The highest BCUT2D eigenvalue weighted by Gasteiger charge is 2.23. The summed E-state index contributed by atoms with van der Waals surface area (Å²) in [6, 6.07) is 12.3. The molecule has 0 aliphatic carbocycles. The van der Waals surface area contributed by atoms with Crippen LogP contribution in [0.1, 0.15) is 41.4 Å². The molecule has 0 fully saturated rings. The molecule has 2 heteroatoms. The van der Waals surface area contributed by atoms with Crippen molar-refractivity contribution in [2.75, 3.05) is 0 Å². The summed E-state index contributed by atoms with van der Waals surface area (Å²) in [6.07, 6.45) is 0.560. The molecular formula is C15H18OS. The minimum atomic E-state index is -0.387. The SMILES string of the molecule is CCC(c1ccccc1)C(O)c1sccc1C. The quantitative estimate of drug-likeness (QED) is 0.853. The molecule has 1 aromatic carbocycles. The normalized spacial score (nSPS) is 14.5. The first kappa shape index (κ1) is 12.3. The number of hydrogen-bond acceptors (Lipinski definition) is 2. The summed E-state index contributed by atoms with van der Waals surface area (Å²) in [5.41, 5.74) is 2.41. The molecule has 0 aliphatic rings. The molecule has 2 rings (SSSR count). The molecule has 2 atom stereocenters. The zero-order chi connectivity index (χ0) is 12.3. The zero-order valence-corrected chi connectivity index (χ0v) is 11.1. The predicted octanol–water partition coefficient (Wildman–Crippen LogP) is 4.28. The van der Waals surface area contributed by atoms with E-state index >= 15 is 0 Å². The molecule has 1 heterocycles. The minimum absolute atomic E-state index is 0.188. The fourth-order valence-corrected chi connectivity index (χ4v) is 3.19. The van der Waals surface area contributed by atoms with Crippen LogP contribution in [0.25, 0.3) is 0 Å². The molecule has 1 aromatic heterocycles. The maximum Gasteiger partial charge on any atom is 0.0952 e. The third-order valence-corrected chi connectivity index (χ3v) is 4.31. The Labute approximate surface area is 107 Å². The predicted molar refractivity (Wildman–Crippen MR) is 73.5 cm³/mol. The molecule has 0 bridgehead atoms. The summed E-state index contributed by atoms with van der Waals surface area (Å²) < 4.78 is 0. The van der Waals surface area contributed by atoms with Gasteiger partial charge in [-0.3, -0.25) is 0 Å². The number of aliphatic hydroxyl groups is 1. The molecule has 0 saturated heterocycles. The van der Waals surface area contributed by atoms with E-state index in [0.29, 0.717) is 0 Å². The fraction of sp³-hybridized carbons (Fsp3) is 0.333. The van der Waals surface area contributed by atoms with Gasteiger partial charge in [0.1, 0.15) is 0 Å². The lowest BCUT2D eigenvalue weighted by Crippen LogP contribution is -2.09. The second kappa shape index (κ2) is 5.48. The highest BCUT2D eigenvalue weighted by Crippen LogP contribution is 2.37. The first-order chi connectivity index (χ1) is 8.24. The van der Waals surface area contributed by atoms with Gasteiger partial charge < -0.3 is 5.11 Å². The Kier molecular flexibility index (Phi) is 3.97. The van der Waals surface area contributed by atoms with E-state index in [0.717, 1.165) is 11.3 Å². The van der Waals surface area contributed by atoms with Gasteiger partial charge in [0, 0.05) is 10.8 Å². The Balaban J connectivity index is 2.28. The average Bonchev–Trinajstić information content (AvgIpc) is 2.77. The molecule has 0 amide bonds. The second-order valence-electron chi connectivity index (χ2n) is 4.34. The summed E-state index contributed by atoms with van der Waals surface area (Å²) in [5, 5.41) is 12.6. The van der Waals surface area contributed by atoms with Crippen LogP contribution in [-0.2, 0) is 0 Å². The fourth-order valence-electron chi connectivity index (χ4n) is 2.21. The van der Waals surface area contributed by atoms with Crippen LogP contribution in [-0.4, -0.2) is 5.11 Å². The maximum absolute atomic E-state index is 10.5. The largest absolute Gasteiger partial charge is 0.387 e. The molecule has 17 heavy (non-hydrogen) atoms. The van der Waals surface area contributed by atoms with Gasteiger partial charge in [-0.2, -0.15) is 0 Å². The zero-order valence-electron chi connectivity index (χ0n) is 10.3. The second-order valence-corrected chi connectivity index (χ2v) is 5.29. The topological polar surface area (TPSA) is 20.2 Å². The van der Waals surface area contributed by atoms with Crippen molar-refractivity contribution in [3.8, 4) is 0 Å². The van der Waals surface area contributed by atoms with E-state index in [2.05, 4.69) is 32.0 Å². The lowest BCUT2D eigenvalue weighted by atomic mass is 9.89. The summed E-state index contributed by atoms with van der Waals surface area (Å²) in [7, 11) is 0. The lowest BCUT2D eigenvalue weighted by Gasteiger charge is -2.22. The van der Waals surface area contributed by atoms with Crippen molar-refractivity contribution in [2.45, 2.75) is 32.3 Å². The molecule has 0 saturated carbocycles. The van der Waals surface area contributed by atoms with Crippen LogP contribution in [0.3, 0.4) is 0 Å². The van der Waals surface area contributed by atoms with Crippen LogP contribution in [0.4, 0.5) is 0 Å². The number of thiophene rings is 1. The summed E-state index contributed by atoms with van der Waals surface area (Å²) in [4.78, 5) is 1.10. The maximum atomic E-state index is 10.5. The van der Waals surface area contributed by atoms with Crippen LogP contribution in [0.15, 0.2) is 41.8 Å². The minimum Gasteiger partial charge on any atom is -0.387 e. The first-order valence-electron chi connectivity index (χ1n) is 6.01. The van der Waals surface area contributed by atoms with Crippen molar-refractivity contribution in [2.24, 2.45) is 0 Å². The average molecular weight is 246 g/mol. The Hall–Kier alpha value is -1.12. The van der Waals surface area contributed by atoms with Gasteiger partial charge in [0.05, 0.1) is 6.10 Å². The number of rotatable bonds is 4. The monoisotopic (exact) mass is 246 g/mol. The Bertz CT molecular complexity index is 461. The van der Waals surface area contributed by atoms with Crippen LogP contribution >= 0.6 is 11.3 Å². The Morgan fingerprint density at radius 1 is 1.18 bits per heavy atom. The highest BCUT2D eigenvalue weighted by atomic mass is 32.1. The molecule has 0 radical (unpaired) electrons. The number of aliphatic hydroxyl groups excluding tert-OH is 1. The Morgan fingerprint density at radius 2 is 1.88 bits per heavy atom. The molecule has 0 spiro atoms. The van der Waals surface area contributed by atoms with Gasteiger partial charge >= 0.3 is 0 Å². The van der Waals surface area contributed by atoms with Crippen molar-refractivity contribution in [3.63, 3.8) is 0 Å². The summed E-state index contributed by atoms with van der Waals surface area (Å²) in [5.74, 6) is 0.188. The summed E-state index contributed by atoms with van der Waals surface area (Å²) >= 11 is 1.65. The first-order valence-corrected chi connectivity index (χ1v) is 6.89. The van der Waals surface area contributed by atoms with Crippen molar-refractivity contribution >= 4 is 11.3 Å². The number of hydrogen-bond donors (Lipinski definition) is 1. The van der Waals surface area contributed by atoms with E-state index < -0.39 is 0 Å². The highest BCUT2D eigenvalue weighted by molar-refractivity contribution is 7.10. The van der Waals surface area contributed by atoms with Gasteiger partial charge in [-0.15, -0.1) is 11.3 Å². The molecule has 2 unspecified atom stereocenters. The van der Waals surface area contributed by atoms with E-state index in [1.807, 2.05) is 23.6 Å². The van der Waals surface area contributed by atoms with E-state index in [4.69, 9.17) is 0 Å². The standard InChI is InChI=1S/C15H18OS/c1-3-13(12-7-5-4-6-8-12)14(16)15-11(2)9-10-17-15/h4-10,13-14,16H,3H2,1-2H3. The van der Waals surface area contributed by atoms with Gasteiger partial charge in [0.25, 0.3) is 0 Å². The van der Waals surface area contributed by atoms with E-state index in [1.165, 1.54) is 11.1 Å². The van der Waals surface area contributed by atoms with Crippen LogP contribution in [0.2, 0.25) is 0 Å². The van der Waals surface area contributed by atoms with Crippen molar-refractivity contribution in [1.29, 1.82) is 0 Å². The van der Waals surface area contributed by atoms with Gasteiger partial charge in [-0.05, 0) is 35.9 Å². The molecule has 1 N–H and O–H groups in total. The van der Waals surface area contributed by atoms with Gasteiger partial charge in [-0.1, -0.05) is 37.3 Å². The van der Waals surface area contributed by atoms with Crippen LogP contribution in [0.5, 0.6) is 0 Å². The van der Waals surface area contributed by atoms with Gasteiger partial charge in [0.2, 0.25) is 0 Å². The van der Waals surface area contributed by atoms with E-state index in [9.17, 15) is 5.11 Å². The molecule has 2 aromatic rings. The van der Waals surface area contributed by atoms with Gasteiger partial charge in [0.15, 0.2) is 0 Å². The molecule has 0 aliphatic heterocycles. The third-order valence-electron chi connectivity index (χ3n) is 3.22. The van der Waals surface area contributed by atoms with Crippen molar-refractivity contribution < 1.29 is 5.11 Å². The third kappa shape index (κ3) is 2.59. The van der Waals surface area contributed by atoms with Crippen molar-refractivity contribution in [1.82, 2.24) is 0 Å². The lowest BCUT2D eigenvalue weighted by molar-refractivity contribution is 0.145. The smallest absolute Gasteiger partial charge is 0.0952 e. The number of benzene rings is 1. The van der Waals surface area contributed by atoms with Crippen molar-refractivity contribution in [3.05, 3.63) is 57.8 Å². The summed E-state index contributed by atoms with van der Waals surface area (Å²) in [6.45, 7) is 4.19.